The molecule has 1 saturated heterocycles. The maximum Gasteiger partial charge on any atom is 0.340 e. The molecule has 3 amide bonds. The lowest BCUT2D eigenvalue weighted by Gasteiger charge is -2.36. The van der Waals surface area contributed by atoms with E-state index < -0.39 is 23.5 Å². The number of halogens is 1. The Morgan fingerprint density at radius 3 is 2.31 bits per heavy atom. The molecular weight excluding hydrogens is 413 g/mol. The summed E-state index contributed by atoms with van der Waals surface area (Å²) in [6.07, 6.45) is 1.54. The zero-order valence-corrected chi connectivity index (χ0v) is 17.3. The fourth-order valence-corrected chi connectivity index (χ4v) is 3.91. The van der Waals surface area contributed by atoms with E-state index >= 15 is 0 Å². The highest BCUT2D eigenvalue weighted by molar-refractivity contribution is 6.53. The van der Waals surface area contributed by atoms with Crippen LogP contribution in [0.1, 0.15) is 11.1 Å². The number of hydrogen-bond donors (Lipinski definition) is 2. The summed E-state index contributed by atoms with van der Waals surface area (Å²) in [7, 11) is 0. The Bertz CT molecular complexity index is 1120. The van der Waals surface area contributed by atoms with E-state index in [2.05, 4.69) is 10.3 Å². The highest BCUT2D eigenvalue weighted by atomic mass is 19.1. The van der Waals surface area contributed by atoms with Gasteiger partial charge in [-0.1, -0.05) is 42.5 Å². The standard InChI is InChI=1S/C23H22FN5O3/c24-17-7-4-8-18-19(17)16(9-10-26-18)20(30)22(31)29-13-11-28(12-14-29)21(27-23(25)32)15-5-2-1-3-6-15/h1-9,26H,10-14H2,(H2,25,32)/b27-21+. The van der Waals surface area contributed by atoms with Gasteiger partial charge in [-0.25, -0.2) is 9.18 Å². The molecule has 8 nitrogen and oxygen atoms in total. The van der Waals surface area contributed by atoms with E-state index in [0.717, 1.165) is 5.56 Å². The van der Waals surface area contributed by atoms with Crippen LogP contribution < -0.4 is 11.1 Å². The Kier molecular flexibility index (Phi) is 5.98. The summed E-state index contributed by atoms with van der Waals surface area (Å²) in [5.74, 6) is -1.55. The number of Topliss-reactive ketones (excluding diaryl/α,β-unsaturated/α-hetero) is 1. The molecule has 0 atom stereocenters. The number of nitrogens with one attached hydrogen (secondary N) is 1. The molecule has 2 aromatic rings. The number of carbonyl (C=O) groups is 3. The fourth-order valence-electron chi connectivity index (χ4n) is 3.91. The van der Waals surface area contributed by atoms with Crippen molar-refractivity contribution < 1.29 is 18.8 Å². The molecular formula is C23H22FN5O3. The molecule has 9 heteroatoms. The summed E-state index contributed by atoms with van der Waals surface area (Å²) in [5, 5.41) is 3.01. The lowest BCUT2D eigenvalue weighted by Crippen LogP contribution is -2.52. The Labute approximate surface area is 184 Å². The smallest absolute Gasteiger partial charge is 0.340 e. The molecule has 4 rings (SSSR count). The van der Waals surface area contributed by atoms with Crippen LogP contribution in [0.5, 0.6) is 0 Å². The van der Waals surface area contributed by atoms with Crippen LogP contribution in [0.25, 0.3) is 5.57 Å². The molecule has 2 aliphatic rings. The average Bonchev–Trinajstić information content (AvgIpc) is 2.82. The van der Waals surface area contributed by atoms with Crippen LogP contribution in [0.2, 0.25) is 0 Å². The number of piperazine rings is 1. The number of fused-ring (bicyclic) bond motifs is 1. The summed E-state index contributed by atoms with van der Waals surface area (Å²) >= 11 is 0. The number of nitrogens with two attached hydrogens (primary N) is 1. The predicted octanol–water partition coefficient (Wildman–Crippen LogP) is 1.87. The second kappa shape index (κ2) is 9.01. The number of urea groups is 1. The minimum Gasteiger partial charge on any atom is -0.381 e. The van der Waals surface area contributed by atoms with Gasteiger partial charge >= 0.3 is 6.03 Å². The van der Waals surface area contributed by atoms with Gasteiger partial charge in [0.15, 0.2) is 0 Å². The molecule has 2 heterocycles. The second-order valence-corrected chi connectivity index (χ2v) is 7.41. The van der Waals surface area contributed by atoms with Crippen LogP contribution >= 0.6 is 0 Å². The van der Waals surface area contributed by atoms with E-state index in [9.17, 15) is 18.8 Å². The van der Waals surface area contributed by atoms with Crippen molar-refractivity contribution in [2.75, 3.05) is 38.0 Å². The van der Waals surface area contributed by atoms with Gasteiger partial charge in [0.1, 0.15) is 11.7 Å². The van der Waals surface area contributed by atoms with Crippen LogP contribution in [0.3, 0.4) is 0 Å². The van der Waals surface area contributed by atoms with Crippen molar-refractivity contribution in [3.8, 4) is 0 Å². The predicted molar refractivity (Wildman–Crippen MR) is 119 cm³/mol. The number of primary amides is 1. The Morgan fingerprint density at radius 1 is 0.938 bits per heavy atom. The molecule has 0 radical (unpaired) electrons. The first-order chi connectivity index (χ1) is 15.5. The van der Waals surface area contributed by atoms with E-state index in [4.69, 9.17) is 5.73 Å². The SMILES string of the molecule is NC(=O)/N=C(\c1ccccc1)N1CCN(C(=O)C(=O)C2=CCNc3cccc(F)c32)CC1. The third-order valence-electron chi connectivity index (χ3n) is 5.44. The first-order valence-corrected chi connectivity index (χ1v) is 10.2. The van der Waals surface area contributed by atoms with Gasteiger partial charge < -0.3 is 20.9 Å². The monoisotopic (exact) mass is 435 g/mol. The van der Waals surface area contributed by atoms with Gasteiger partial charge in [0.05, 0.1) is 0 Å². The number of benzene rings is 2. The van der Waals surface area contributed by atoms with Crippen LogP contribution in [-0.2, 0) is 9.59 Å². The number of aliphatic imine (C=N–C) groups is 1. The van der Waals surface area contributed by atoms with Gasteiger partial charge in [-0.2, -0.15) is 4.99 Å². The third kappa shape index (κ3) is 4.22. The van der Waals surface area contributed by atoms with Crippen molar-refractivity contribution in [2.24, 2.45) is 10.7 Å². The molecule has 32 heavy (non-hydrogen) atoms. The van der Waals surface area contributed by atoms with Gasteiger partial charge in [-0.05, 0) is 12.1 Å². The number of amidine groups is 1. The number of anilines is 1. The van der Waals surface area contributed by atoms with E-state index in [-0.39, 0.29) is 24.2 Å². The van der Waals surface area contributed by atoms with Crippen LogP contribution in [0, 0.1) is 5.82 Å². The fraction of sp³-hybridized carbons (Fsp3) is 0.217. The van der Waals surface area contributed by atoms with Crippen molar-refractivity contribution in [3.05, 3.63) is 71.6 Å². The number of nitrogens with zero attached hydrogens (tertiary/aromatic N) is 3. The van der Waals surface area contributed by atoms with Gasteiger partial charge in [-0.3, -0.25) is 9.59 Å². The molecule has 2 aliphatic heterocycles. The number of amides is 3. The maximum atomic E-state index is 14.4. The number of hydrogen-bond acceptors (Lipinski definition) is 4. The Morgan fingerprint density at radius 2 is 1.62 bits per heavy atom. The first kappa shape index (κ1) is 21.2. The third-order valence-corrected chi connectivity index (χ3v) is 5.44. The van der Waals surface area contributed by atoms with Crippen molar-refractivity contribution in [1.82, 2.24) is 9.80 Å². The summed E-state index contributed by atoms with van der Waals surface area (Å²) in [6, 6.07) is 12.8. The zero-order valence-electron chi connectivity index (χ0n) is 17.3. The number of rotatable bonds is 3. The summed E-state index contributed by atoms with van der Waals surface area (Å²) in [5.41, 5.74) is 6.70. The molecule has 1 fully saturated rings. The Hall–Kier alpha value is -4.01. The molecule has 0 unspecified atom stereocenters. The minimum absolute atomic E-state index is 0.0737. The van der Waals surface area contributed by atoms with Crippen molar-refractivity contribution in [3.63, 3.8) is 0 Å². The molecule has 0 aromatic heterocycles. The van der Waals surface area contributed by atoms with Crippen LogP contribution in [-0.4, -0.2) is 66.1 Å². The highest BCUT2D eigenvalue weighted by Crippen LogP contribution is 2.31. The summed E-state index contributed by atoms with van der Waals surface area (Å²) in [4.78, 5) is 44.5. The molecule has 0 spiro atoms. The van der Waals surface area contributed by atoms with E-state index in [1.807, 2.05) is 35.2 Å². The van der Waals surface area contributed by atoms with Crippen molar-refractivity contribution in [2.45, 2.75) is 0 Å². The first-order valence-electron chi connectivity index (χ1n) is 10.2. The molecule has 164 valence electrons. The van der Waals surface area contributed by atoms with Crippen LogP contribution in [0.15, 0.2) is 59.6 Å². The van der Waals surface area contributed by atoms with Gasteiger partial charge in [-0.15, -0.1) is 0 Å². The average molecular weight is 435 g/mol. The minimum atomic E-state index is -0.809. The molecule has 3 N–H and O–H groups in total. The quantitative estimate of drug-likeness (QED) is 0.435. The maximum absolute atomic E-state index is 14.4. The lowest BCUT2D eigenvalue weighted by atomic mass is 9.95. The van der Waals surface area contributed by atoms with Gasteiger partial charge in [0.2, 0.25) is 0 Å². The van der Waals surface area contributed by atoms with Crippen LogP contribution in [0.4, 0.5) is 14.9 Å². The Balaban J connectivity index is 1.48. The topological polar surface area (TPSA) is 108 Å². The number of carbonyl (C=O) groups excluding carboxylic acids is 3. The summed E-state index contributed by atoms with van der Waals surface area (Å²) in [6.45, 7) is 1.58. The van der Waals surface area contributed by atoms with E-state index in [1.54, 1.807) is 12.1 Å². The van der Waals surface area contributed by atoms with Gasteiger partial charge in [0, 0.05) is 55.1 Å². The second-order valence-electron chi connectivity index (χ2n) is 7.41. The largest absolute Gasteiger partial charge is 0.381 e. The molecule has 2 aromatic carbocycles. The normalized spacial score (nSPS) is 16.0. The van der Waals surface area contributed by atoms with E-state index in [0.29, 0.717) is 31.2 Å². The van der Waals surface area contributed by atoms with Crippen molar-refractivity contribution >= 4 is 34.8 Å². The van der Waals surface area contributed by atoms with Crippen molar-refractivity contribution in [1.29, 1.82) is 0 Å². The molecule has 0 saturated carbocycles. The highest BCUT2D eigenvalue weighted by Gasteiger charge is 2.32. The number of ketones is 1. The lowest BCUT2D eigenvalue weighted by molar-refractivity contribution is -0.142. The van der Waals surface area contributed by atoms with E-state index in [1.165, 1.54) is 17.0 Å². The molecule has 0 aliphatic carbocycles. The molecule has 0 bridgehead atoms. The van der Waals surface area contributed by atoms with Gasteiger partial charge in [0.25, 0.3) is 11.7 Å². The zero-order chi connectivity index (χ0) is 22.7. The summed E-state index contributed by atoms with van der Waals surface area (Å²) < 4.78 is 14.4.